The summed E-state index contributed by atoms with van der Waals surface area (Å²) in [5.41, 5.74) is 5.56. The molecule has 0 fully saturated rings. The van der Waals surface area contributed by atoms with Crippen molar-refractivity contribution >= 4 is 28.5 Å². The van der Waals surface area contributed by atoms with Gasteiger partial charge in [0.15, 0.2) is 5.65 Å². The number of aryl methyl sites for hydroxylation is 3. The van der Waals surface area contributed by atoms with Crippen LogP contribution in [0.1, 0.15) is 32.7 Å². The van der Waals surface area contributed by atoms with Crippen LogP contribution in [0.2, 0.25) is 0 Å². The van der Waals surface area contributed by atoms with Gasteiger partial charge in [-0.05, 0) is 50.1 Å². The molecule has 34 heavy (non-hydrogen) atoms. The Labute approximate surface area is 198 Å². The van der Waals surface area contributed by atoms with Gasteiger partial charge in [-0.25, -0.2) is 9.67 Å². The normalized spacial score (nSPS) is 10.8. The van der Waals surface area contributed by atoms with Gasteiger partial charge in [-0.3, -0.25) is 9.59 Å². The maximum Gasteiger partial charge on any atom is 0.252 e. The van der Waals surface area contributed by atoms with Gasteiger partial charge >= 0.3 is 0 Å². The minimum atomic E-state index is -0.364. The summed E-state index contributed by atoms with van der Waals surface area (Å²) in [6.07, 6.45) is 1.64. The first-order valence-corrected chi connectivity index (χ1v) is 11.0. The predicted molar refractivity (Wildman–Crippen MR) is 131 cm³/mol. The van der Waals surface area contributed by atoms with E-state index in [1.165, 1.54) is 12.7 Å². The number of carbonyl (C=O) groups is 2. The largest absolute Gasteiger partial charge is 0.495 e. The minimum Gasteiger partial charge on any atom is -0.495 e. The molecule has 4 rings (SSSR count). The molecule has 0 saturated heterocycles. The van der Waals surface area contributed by atoms with Crippen LogP contribution in [0.5, 0.6) is 5.75 Å². The Bertz CT molecular complexity index is 1360. The van der Waals surface area contributed by atoms with E-state index in [-0.39, 0.29) is 18.4 Å². The van der Waals surface area contributed by atoms with Crippen molar-refractivity contribution in [2.24, 2.45) is 0 Å². The first-order valence-electron chi connectivity index (χ1n) is 11.0. The third kappa shape index (κ3) is 5.06. The number of methoxy groups -OCH3 is 1. The molecule has 4 aromatic rings. The molecule has 2 aromatic carbocycles. The van der Waals surface area contributed by atoms with Crippen molar-refractivity contribution in [3.05, 3.63) is 82.7 Å². The number of amides is 2. The predicted octanol–water partition coefficient (Wildman–Crippen LogP) is 3.78. The first-order chi connectivity index (χ1) is 16.3. The summed E-state index contributed by atoms with van der Waals surface area (Å²) < 4.78 is 7.07. The van der Waals surface area contributed by atoms with Crippen LogP contribution in [-0.4, -0.2) is 40.2 Å². The molecule has 2 aromatic heterocycles. The number of nitrogens with one attached hydrogen (secondary N) is 2. The van der Waals surface area contributed by atoms with Gasteiger partial charge in [-0.2, -0.15) is 5.10 Å². The fourth-order valence-corrected chi connectivity index (χ4v) is 3.71. The molecule has 8 heteroatoms. The van der Waals surface area contributed by atoms with Crippen LogP contribution in [-0.2, 0) is 11.3 Å². The molecule has 2 amide bonds. The lowest BCUT2D eigenvalue weighted by molar-refractivity contribution is -0.115. The van der Waals surface area contributed by atoms with E-state index in [0.717, 1.165) is 11.1 Å². The Morgan fingerprint density at radius 3 is 2.47 bits per heavy atom. The third-order valence-corrected chi connectivity index (χ3v) is 5.47. The molecule has 0 bridgehead atoms. The average Bonchev–Trinajstić information content (AvgIpc) is 3.21. The second kappa shape index (κ2) is 9.74. The number of rotatable bonds is 7. The van der Waals surface area contributed by atoms with Gasteiger partial charge in [0, 0.05) is 5.69 Å². The van der Waals surface area contributed by atoms with Crippen LogP contribution in [0.25, 0.3) is 11.0 Å². The van der Waals surface area contributed by atoms with E-state index in [4.69, 9.17) is 4.74 Å². The zero-order valence-corrected chi connectivity index (χ0v) is 19.7. The molecular weight excluding hydrogens is 430 g/mol. The Hall–Kier alpha value is -4.20. The topological polar surface area (TPSA) is 98.1 Å². The smallest absolute Gasteiger partial charge is 0.252 e. The highest BCUT2D eigenvalue weighted by molar-refractivity contribution is 6.07. The molecule has 0 aliphatic heterocycles. The van der Waals surface area contributed by atoms with Crippen molar-refractivity contribution in [2.75, 3.05) is 19.0 Å². The van der Waals surface area contributed by atoms with Crippen LogP contribution in [0, 0.1) is 20.8 Å². The number of anilines is 1. The number of pyridine rings is 1. The monoisotopic (exact) mass is 457 g/mol. The Morgan fingerprint density at radius 2 is 1.74 bits per heavy atom. The standard InChI is InChI=1S/C26H27N5O3/c1-16-5-8-19(9-6-16)15-31-25-21(13-28-31)20(12-18(3)29-25)26(33)27-14-24(32)30-22-11-17(2)7-10-23(22)34-4/h5-13H,14-15H2,1-4H3,(H,27,33)(H,30,32). The summed E-state index contributed by atoms with van der Waals surface area (Å²) in [6.45, 7) is 6.15. The zero-order chi connectivity index (χ0) is 24.2. The lowest BCUT2D eigenvalue weighted by Gasteiger charge is -2.12. The van der Waals surface area contributed by atoms with Crippen LogP contribution >= 0.6 is 0 Å². The number of hydrogen-bond acceptors (Lipinski definition) is 5. The van der Waals surface area contributed by atoms with E-state index < -0.39 is 0 Å². The van der Waals surface area contributed by atoms with Gasteiger partial charge in [-0.15, -0.1) is 0 Å². The van der Waals surface area contributed by atoms with Gasteiger partial charge < -0.3 is 15.4 Å². The van der Waals surface area contributed by atoms with E-state index in [1.54, 1.807) is 23.0 Å². The molecule has 174 valence electrons. The molecule has 8 nitrogen and oxygen atoms in total. The second-order valence-electron chi connectivity index (χ2n) is 8.27. The molecule has 0 aliphatic rings. The van der Waals surface area contributed by atoms with Crippen molar-refractivity contribution in [1.82, 2.24) is 20.1 Å². The molecule has 2 heterocycles. The van der Waals surface area contributed by atoms with Crippen molar-refractivity contribution in [1.29, 1.82) is 0 Å². The first kappa shape index (κ1) is 23.0. The molecule has 0 spiro atoms. The second-order valence-corrected chi connectivity index (χ2v) is 8.27. The summed E-state index contributed by atoms with van der Waals surface area (Å²) in [4.78, 5) is 30.0. The summed E-state index contributed by atoms with van der Waals surface area (Å²) in [7, 11) is 1.54. The maximum atomic E-state index is 13.0. The minimum absolute atomic E-state index is 0.184. The van der Waals surface area contributed by atoms with E-state index in [9.17, 15) is 9.59 Å². The SMILES string of the molecule is COc1ccc(C)cc1NC(=O)CNC(=O)c1cc(C)nc2c1cnn2Cc1ccc(C)cc1. The number of ether oxygens (including phenoxy) is 1. The van der Waals surface area contributed by atoms with E-state index in [2.05, 4.69) is 32.8 Å². The number of nitrogens with zero attached hydrogens (tertiary/aromatic N) is 3. The summed E-state index contributed by atoms with van der Waals surface area (Å²) in [5.74, 6) is -0.163. The molecular formula is C26H27N5O3. The summed E-state index contributed by atoms with van der Waals surface area (Å²) in [5, 5.41) is 10.6. The molecule has 0 radical (unpaired) electrons. The number of aromatic nitrogens is 3. The third-order valence-electron chi connectivity index (χ3n) is 5.47. The number of carbonyl (C=O) groups excluding carboxylic acids is 2. The van der Waals surface area contributed by atoms with E-state index >= 15 is 0 Å². The summed E-state index contributed by atoms with van der Waals surface area (Å²) in [6, 6.07) is 15.4. The Morgan fingerprint density at radius 1 is 1.00 bits per heavy atom. The van der Waals surface area contributed by atoms with Crippen molar-refractivity contribution in [2.45, 2.75) is 27.3 Å². The van der Waals surface area contributed by atoms with Gasteiger partial charge in [0.05, 0.1) is 43.0 Å². The molecule has 2 N–H and O–H groups in total. The quantitative estimate of drug-likeness (QED) is 0.440. The maximum absolute atomic E-state index is 13.0. The van der Waals surface area contributed by atoms with Crippen LogP contribution in [0.3, 0.4) is 0 Å². The van der Waals surface area contributed by atoms with Crippen molar-refractivity contribution in [3.8, 4) is 5.75 Å². The van der Waals surface area contributed by atoms with E-state index in [1.807, 2.05) is 45.0 Å². The average molecular weight is 458 g/mol. The zero-order valence-electron chi connectivity index (χ0n) is 19.7. The fourth-order valence-electron chi connectivity index (χ4n) is 3.71. The Kier molecular flexibility index (Phi) is 6.58. The fraction of sp³-hybridized carbons (Fsp3) is 0.231. The highest BCUT2D eigenvalue weighted by Gasteiger charge is 2.17. The molecule has 0 unspecified atom stereocenters. The Balaban J connectivity index is 1.49. The lowest BCUT2D eigenvalue weighted by atomic mass is 10.1. The highest BCUT2D eigenvalue weighted by atomic mass is 16.5. The molecule has 0 saturated carbocycles. The van der Waals surface area contributed by atoms with Crippen molar-refractivity contribution < 1.29 is 14.3 Å². The highest BCUT2D eigenvalue weighted by Crippen LogP contribution is 2.25. The van der Waals surface area contributed by atoms with Crippen LogP contribution in [0.15, 0.2) is 54.7 Å². The van der Waals surface area contributed by atoms with Gasteiger partial charge in [0.25, 0.3) is 5.91 Å². The van der Waals surface area contributed by atoms with Crippen LogP contribution in [0.4, 0.5) is 5.69 Å². The number of benzene rings is 2. The lowest BCUT2D eigenvalue weighted by Crippen LogP contribution is -2.33. The van der Waals surface area contributed by atoms with Gasteiger partial charge in [-0.1, -0.05) is 35.9 Å². The molecule has 0 aliphatic carbocycles. The number of fused-ring (bicyclic) bond motifs is 1. The van der Waals surface area contributed by atoms with Gasteiger partial charge in [0.1, 0.15) is 5.75 Å². The van der Waals surface area contributed by atoms with Crippen LogP contribution < -0.4 is 15.4 Å². The van der Waals surface area contributed by atoms with E-state index in [0.29, 0.717) is 40.3 Å². The number of hydrogen-bond donors (Lipinski definition) is 2. The molecule has 0 atom stereocenters. The summed E-state index contributed by atoms with van der Waals surface area (Å²) >= 11 is 0. The van der Waals surface area contributed by atoms with Crippen molar-refractivity contribution in [3.63, 3.8) is 0 Å². The van der Waals surface area contributed by atoms with Gasteiger partial charge in [0.2, 0.25) is 5.91 Å².